The Bertz CT molecular complexity index is 465. The lowest BCUT2D eigenvalue weighted by Gasteiger charge is -2.28. The van der Waals surface area contributed by atoms with Crippen molar-refractivity contribution in [2.75, 3.05) is 6.61 Å². The highest BCUT2D eigenvalue weighted by atomic mass is 35.5. The van der Waals surface area contributed by atoms with Gasteiger partial charge >= 0.3 is 0 Å². The van der Waals surface area contributed by atoms with Crippen LogP contribution in [0.1, 0.15) is 33.1 Å². The number of carbonyl (C=O) groups excluding carboxylic acids is 1. The second kappa shape index (κ2) is 9.13. The average Bonchev–Trinajstić information content (AvgIpc) is 2.43. The van der Waals surface area contributed by atoms with Crippen molar-refractivity contribution >= 4 is 29.2 Å². The quantitative estimate of drug-likeness (QED) is 0.651. The zero-order valence-corrected chi connectivity index (χ0v) is 13.6. The Morgan fingerprint density at radius 2 is 2.05 bits per heavy atom. The number of carbonyl (C=O) groups is 1. The summed E-state index contributed by atoms with van der Waals surface area (Å²) < 4.78 is 11.0. The van der Waals surface area contributed by atoms with E-state index in [1.165, 1.54) is 12.1 Å². The maximum atomic E-state index is 11.3. The summed E-state index contributed by atoms with van der Waals surface area (Å²) in [6.07, 6.45) is 0.515. The molecule has 1 aromatic carbocycles. The fourth-order valence-corrected chi connectivity index (χ4v) is 2.23. The van der Waals surface area contributed by atoms with E-state index in [0.29, 0.717) is 18.1 Å². The summed E-state index contributed by atoms with van der Waals surface area (Å²) in [5.74, 6) is -1.09. The lowest BCUT2D eigenvalue weighted by Crippen LogP contribution is -2.48. The number of rotatable bonds is 9. The molecule has 2 unspecified atom stereocenters. The molecule has 1 rings (SSSR count). The van der Waals surface area contributed by atoms with Crippen molar-refractivity contribution < 1.29 is 19.4 Å². The highest BCUT2D eigenvalue weighted by molar-refractivity contribution is 6.35. The molecule has 0 bridgehead atoms. The molecule has 1 aromatic rings. The van der Waals surface area contributed by atoms with Crippen molar-refractivity contribution in [1.82, 2.24) is 0 Å². The SMILES string of the molecule is CCCCOC(CC)C(Oc1ccc(Cl)cc1Cl)C(=O)[O-]. The van der Waals surface area contributed by atoms with Gasteiger partial charge in [-0.05, 0) is 31.0 Å². The molecular formula is C15H19Cl2O4-. The molecule has 0 radical (unpaired) electrons. The van der Waals surface area contributed by atoms with Crippen LogP contribution in [0.4, 0.5) is 0 Å². The number of unbranched alkanes of at least 4 members (excludes halogenated alkanes) is 1. The molecule has 4 nitrogen and oxygen atoms in total. The van der Waals surface area contributed by atoms with E-state index in [1.54, 1.807) is 6.07 Å². The van der Waals surface area contributed by atoms with E-state index in [1.807, 2.05) is 13.8 Å². The van der Waals surface area contributed by atoms with Crippen molar-refractivity contribution in [1.29, 1.82) is 0 Å². The van der Waals surface area contributed by atoms with E-state index in [-0.39, 0.29) is 10.8 Å². The van der Waals surface area contributed by atoms with Crippen molar-refractivity contribution in [3.8, 4) is 5.75 Å². The maximum absolute atomic E-state index is 11.3. The zero-order valence-electron chi connectivity index (χ0n) is 12.1. The van der Waals surface area contributed by atoms with Crippen LogP contribution in [-0.2, 0) is 9.53 Å². The topological polar surface area (TPSA) is 58.6 Å². The van der Waals surface area contributed by atoms with E-state index in [2.05, 4.69) is 0 Å². The molecule has 0 fully saturated rings. The molecule has 118 valence electrons. The van der Waals surface area contributed by atoms with Gasteiger partial charge in [-0.25, -0.2) is 0 Å². The zero-order chi connectivity index (χ0) is 15.8. The Morgan fingerprint density at radius 3 is 2.57 bits per heavy atom. The van der Waals surface area contributed by atoms with E-state index in [0.717, 1.165) is 12.8 Å². The van der Waals surface area contributed by atoms with Crippen LogP contribution in [-0.4, -0.2) is 24.8 Å². The van der Waals surface area contributed by atoms with E-state index < -0.39 is 18.2 Å². The van der Waals surface area contributed by atoms with Gasteiger partial charge in [0, 0.05) is 11.6 Å². The summed E-state index contributed by atoms with van der Waals surface area (Å²) >= 11 is 11.8. The first-order chi connectivity index (χ1) is 9.99. The number of benzene rings is 1. The van der Waals surface area contributed by atoms with Crippen LogP contribution >= 0.6 is 23.2 Å². The van der Waals surface area contributed by atoms with Gasteiger partial charge in [0.05, 0.1) is 17.1 Å². The Balaban J connectivity index is 2.82. The molecule has 0 amide bonds. The molecule has 0 heterocycles. The molecule has 0 saturated carbocycles. The predicted molar refractivity (Wildman–Crippen MR) is 80.8 cm³/mol. The third-order valence-electron chi connectivity index (χ3n) is 2.95. The second-order valence-corrected chi connectivity index (χ2v) is 5.45. The second-order valence-electron chi connectivity index (χ2n) is 4.60. The van der Waals surface area contributed by atoms with Crippen LogP contribution in [0.15, 0.2) is 18.2 Å². The van der Waals surface area contributed by atoms with Crippen LogP contribution < -0.4 is 9.84 Å². The number of carboxylic acids is 1. The van der Waals surface area contributed by atoms with E-state index >= 15 is 0 Å². The molecular weight excluding hydrogens is 315 g/mol. The number of ether oxygens (including phenoxy) is 2. The smallest absolute Gasteiger partial charge is 0.164 e. The average molecular weight is 334 g/mol. The number of carboxylic acid groups (broad SMARTS) is 1. The van der Waals surface area contributed by atoms with Gasteiger partial charge in [-0.3, -0.25) is 0 Å². The van der Waals surface area contributed by atoms with Crippen molar-refractivity contribution in [2.45, 2.75) is 45.3 Å². The number of hydrogen-bond donors (Lipinski definition) is 0. The number of hydrogen-bond acceptors (Lipinski definition) is 4. The number of halogens is 2. The standard InChI is InChI=1S/C15H20Cl2O4/c1-3-5-8-20-12(4-2)14(15(18)19)21-13-7-6-10(16)9-11(13)17/h6-7,9,12,14H,3-5,8H2,1-2H3,(H,18,19)/p-1. The van der Waals surface area contributed by atoms with Gasteiger partial charge in [-0.15, -0.1) is 0 Å². The van der Waals surface area contributed by atoms with Gasteiger partial charge in [0.15, 0.2) is 6.10 Å². The predicted octanol–water partition coefficient (Wildman–Crippen LogP) is 3.09. The molecule has 0 aliphatic heterocycles. The molecule has 0 aliphatic rings. The normalized spacial score (nSPS) is 13.7. The molecule has 21 heavy (non-hydrogen) atoms. The Kier molecular flexibility index (Phi) is 7.86. The molecule has 0 aromatic heterocycles. The maximum Gasteiger partial charge on any atom is 0.164 e. The van der Waals surface area contributed by atoms with E-state index in [4.69, 9.17) is 32.7 Å². The lowest BCUT2D eigenvalue weighted by atomic mass is 10.1. The summed E-state index contributed by atoms with van der Waals surface area (Å²) in [6.45, 7) is 4.35. The van der Waals surface area contributed by atoms with Gasteiger partial charge in [0.25, 0.3) is 0 Å². The van der Waals surface area contributed by atoms with Crippen LogP contribution in [0.5, 0.6) is 5.75 Å². The van der Waals surface area contributed by atoms with Gasteiger partial charge in [-0.2, -0.15) is 0 Å². The van der Waals surface area contributed by atoms with Gasteiger partial charge < -0.3 is 19.4 Å². The summed E-state index contributed by atoms with van der Waals surface area (Å²) in [5, 5.41) is 12.0. The van der Waals surface area contributed by atoms with Crippen LogP contribution in [0.25, 0.3) is 0 Å². The molecule has 0 N–H and O–H groups in total. The third kappa shape index (κ3) is 5.73. The summed E-state index contributed by atoms with van der Waals surface area (Å²) in [5.41, 5.74) is 0. The fraction of sp³-hybridized carbons (Fsp3) is 0.533. The van der Waals surface area contributed by atoms with Gasteiger partial charge in [0.2, 0.25) is 0 Å². The first-order valence-corrected chi connectivity index (χ1v) is 7.69. The van der Waals surface area contributed by atoms with Crippen LogP contribution in [0, 0.1) is 0 Å². The van der Waals surface area contributed by atoms with Crippen LogP contribution in [0.2, 0.25) is 10.0 Å². The monoisotopic (exact) mass is 333 g/mol. The van der Waals surface area contributed by atoms with Crippen molar-refractivity contribution in [2.24, 2.45) is 0 Å². The van der Waals surface area contributed by atoms with E-state index in [9.17, 15) is 9.90 Å². The van der Waals surface area contributed by atoms with Crippen molar-refractivity contribution in [3.05, 3.63) is 28.2 Å². The summed E-state index contributed by atoms with van der Waals surface area (Å²) in [6, 6.07) is 4.59. The first-order valence-electron chi connectivity index (χ1n) is 6.93. The Hall–Kier alpha value is -0.970. The van der Waals surface area contributed by atoms with Gasteiger partial charge in [-0.1, -0.05) is 43.5 Å². The molecule has 2 atom stereocenters. The third-order valence-corrected chi connectivity index (χ3v) is 3.48. The van der Waals surface area contributed by atoms with Crippen LogP contribution in [0.3, 0.4) is 0 Å². The first kappa shape index (κ1) is 18.1. The number of aliphatic carboxylic acids is 1. The summed E-state index contributed by atoms with van der Waals surface area (Å²) in [4.78, 5) is 11.3. The lowest BCUT2D eigenvalue weighted by molar-refractivity contribution is -0.317. The minimum atomic E-state index is -1.33. The highest BCUT2D eigenvalue weighted by Gasteiger charge is 2.24. The molecule has 0 aliphatic carbocycles. The Labute approximate surface area is 135 Å². The Morgan fingerprint density at radius 1 is 1.33 bits per heavy atom. The summed E-state index contributed by atoms with van der Waals surface area (Å²) in [7, 11) is 0. The molecule has 0 saturated heterocycles. The fourth-order valence-electron chi connectivity index (χ4n) is 1.78. The highest BCUT2D eigenvalue weighted by Crippen LogP contribution is 2.29. The van der Waals surface area contributed by atoms with Crippen molar-refractivity contribution in [3.63, 3.8) is 0 Å². The minimum absolute atomic E-state index is 0.243. The minimum Gasteiger partial charge on any atom is -0.546 e. The molecule has 6 heteroatoms. The largest absolute Gasteiger partial charge is 0.546 e. The van der Waals surface area contributed by atoms with Gasteiger partial charge in [0.1, 0.15) is 5.75 Å². The molecule has 0 spiro atoms.